The second-order valence-electron chi connectivity index (χ2n) is 5.44. The van der Waals surface area contributed by atoms with E-state index in [1.165, 1.54) is 16.3 Å². The molecule has 8 heteroatoms. The van der Waals surface area contributed by atoms with Crippen molar-refractivity contribution < 1.29 is 9.53 Å². The van der Waals surface area contributed by atoms with E-state index in [9.17, 15) is 14.4 Å². The van der Waals surface area contributed by atoms with Gasteiger partial charge in [0.2, 0.25) is 0 Å². The molecule has 0 aliphatic carbocycles. The normalized spacial score (nSPS) is 11.7. The van der Waals surface area contributed by atoms with Crippen LogP contribution >= 0.6 is 11.8 Å². The van der Waals surface area contributed by atoms with Gasteiger partial charge in [-0.2, -0.15) is 4.98 Å². The molecule has 0 N–H and O–H groups in total. The first-order valence-electron chi connectivity index (χ1n) is 7.91. The SMILES string of the molecule is CCOC(=O)n1c(=O)nc2n(c1=O)-c1ccccc1Sc1ccccc1-2. The first-order valence-corrected chi connectivity index (χ1v) is 8.73. The van der Waals surface area contributed by atoms with Gasteiger partial charge in [-0.15, -0.1) is 4.57 Å². The predicted molar refractivity (Wildman–Crippen MR) is 96.1 cm³/mol. The molecule has 0 spiro atoms. The number of hydrogen-bond donors (Lipinski definition) is 0. The van der Waals surface area contributed by atoms with Gasteiger partial charge in [0, 0.05) is 15.4 Å². The van der Waals surface area contributed by atoms with Gasteiger partial charge in [0.15, 0.2) is 5.82 Å². The van der Waals surface area contributed by atoms with E-state index in [-0.39, 0.29) is 12.4 Å². The fourth-order valence-corrected chi connectivity index (χ4v) is 3.86. The smallest absolute Gasteiger partial charge is 0.426 e. The summed E-state index contributed by atoms with van der Waals surface area (Å²) < 4.78 is 6.54. The molecule has 0 saturated carbocycles. The molecule has 1 aliphatic heterocycles. The second-order valence-corrected chi connectivity index (χ2v) is 6.52. The molecule has 1 aliphatic rings. The van der Waals surface area contributed by atoms with E-state index in [2.05, 4.69) is 4.98 Å². The van der Waals surface area contributed by atoms with E-state index in [0.717, 1.165) is 9.79 Å². The molecule has 2 heterocycles. The lowest BCUT2D eigenvalue weighted by Crippen LogP contribution is -2.45. The first-order chi connectivity index (χ1) is 12.6. The third kappa shape index (κ3) is 2.46. The molecule has 0 fully saturated rings. The van der Waals surface area contributed by atoms with Gasteiger partial charge in [-0.3, -0.25) is 0 Å². The van der Waals surface area contributed by atoms with Crippen LogP contribution < -0.4 is 11.4 Å². The Morgan fingerprint density at radius 1 is 1.08 bits per heavy atom. The molecular formula is C18H13N3O4S. The monoisotopic (exact) mass is 367 g/mol. The van der Waals surface area contributed by atoms with E-state index in [0.29, 0.717) is 15.8 Å². The Kier molecular flexibility index (Phi) is 3.96. The van der Waals surface area contributed by atoms with E-state index in [4.69, 9.17) is 4.74 Å². The molecular weight excluding hydrogens is 354 g/mol. The highest BCUT2D eigenvalue weighted by molar-refractivity contribution is 7.99. The Balaban J connectivity index is 2.14. The van der Waals surface area contributed by atoms with Crippen LogP contribution in [0.2, 0.25) is 0 Å². The topological polar surface area (TPSA) is 83.2 Å². The zero-order chi connectivity index (χ0) is 18.3. The quantitative estimate of drug-likeness (QED) is 0.514. The van der Waals surface area contributed by atoms with Crippen LogP contribution in [0, 0.1) is 0 Å². The number of carbonyl (C=O) groups is 1. The molecule has 4 rings (SSSR count). The van der Waals surface area contributed by atoms with Crippen LogP contribution in [-0.4, -0.2) is 26.8 Å². The van der Waals surface area contributed by atoms with Crippen LogP contribution in [-0.2, 0) is 4.74 Å². The van der Waals surface area contributed by atoms with Gasteiger partial charge in [0.1, 0.15) is 0 Å². The number of fused-ring (bicyclic) bond motifs is 5. The Labute approximate surface area is 151 Å². The third-order valence-electron chi connectivity index (χ3n) is 3.89. The Hall–Kier alpha value is -3.13. The van der Waals surface area contributed by atoms with Crippen molar-refractivity contribution in [3.05, 3.63) is 69.5 Å². The van der Waals surface area contributed by atoms with Gasteiger partial charge in [-0.25, -0.2) is 19.0 Å². The van der Waals surface area contributed by atoms with Crippen molar-refractivity contribution in [1.29, 1.82) is 0 Å². The number of benzene rings is 2. The van der Waals surface area contributed by atoms with E-state index >= 15 is 0 Å². The number of carbonyl (C=O) groups excluding carboxylic acids is 1. The second kappa shape index (κ2) is 6.30. The molecule has 130 valence electrons. The summed E-state index contributed by atoms with van der Waals surface area (Å²) in [6.45, 7) is 1.64. The number of aromatic nitrogens is 3. The minimum absolute atomic E-state index is 0.0434. The summed E-state index contributed by atoms with van der Waals surface area (Å²) in [4.78, 5) is 43.3. The van der Waals surface area contributed by atoms with Crippen molar-refractivity contribution in [3.8, 4) is 17.1 Å². The molecule has 7 nitrogen and oxygen atoms in total. The van der Waals surface area contributed by atoms with Gasteiger partial charge in [0.25, 0.3) is 0 Å². The largest absolute Gasteiger partial charge is 0.449 e. The molecule has 0 saturated heterocycles. The molecule has 2 aromatic carbocycles. The average molecular weight is 367 g/mol. The number of hydrogen-bond acceptors (Lipinski definition) is 6. The molecule has 0 amide bonds. The van der Waals surface area contributed by atoms with Crippen LogP contribution in [0.5, 0.6) is 0 Å². The summed E-state index contributed by atoms with van der Waals surface area (Å²) in [5.41, 5.74) is -0.555. The maximum Gasteiger partial charge on any atom is 0.426 e. The molecule has 26 heavy (non-hydrogen) atoms. The van der Waals surface area contributed by atoms with Crippen molar-refractivity contribution >= 4 is 17.9 Å². The summed E-state index contributed by atoms with van der Waals surface area (Å²) in [5.74, 6) is 0.202. The minimum atomic E-state index is -1.03. The molecule has 3 aromatic rings. The van der Waals surface area contributed by atoms with Crippen molar-refractivity contribution in [2.45, 2.75) is 16.7 Å². The highest BCUT2D eigenvalue weighted by atomic mass is 32.2. The van der Waals surface area contributed by atoms with Gasteiger partial charge >= 0.3 is 17.5 Å². The molecule has 0 atom stereocenters. The zero-order valence-corrected chi connectivity index (χ0v) is 14.5. The molecule has 0 radical (unpaired) electrons. The summed E-state index contributed by atoms with van der Waals surface area (Å²) in [7, 11) is 0. The molecule has 0 bridgehead atoms. The number of para-hydroxylation sites is 1. The van der Waals surface area contributed by atoms with Crippen LogP contribution in [0.25, 0.3) is 17.1 Å². The standard InChI is InChI=1S/C18H13N3O4S/c1-2-25-18(24)21-16(22)19-15-11-7-3-5-9-13(11)26-14-10-6-4-8-12(14)20(15)17(21)23/h3-10H,2H2,1H3. The van der Waals surface area contributed by atoms with Crippen LogP contribution in [0.15, 0.2) is 67.9 Å². The van der Waals surface area contributed by atoms with Crippen LogP contribution in [0.3, 0.4) is 0 Å². The van der Waals surface area contributed by atoms with E-state index in [1.54, 1.807) is 25.1 Å². The van der Waals surface area contributed by atoms with Crippen molar-refractivity contribution in [2.24, 2.45) is 0 Å². The Bertz CT molecular complexity index is 1150. The summed E-state index contributed by atoms with van der Waals surface area (Å²) in [5, 5.41) is 0. The third-order valence-corrected chi connectivity index (χ3v) is 5.03. The van der Waals surface area contributed by atoms with Crippen molar-refractivity contribution in [2.75, 3.05) is 6.61 Å². The predicted octanol–water partition coefficient (Wildman–Crippen LogP) is 2.53. The fourth-order valence-electron chi connectivity index (χ4n) is 2.79. The lowest BCUT2D eigenvalue weighted by atomic mass is 10.2. The van der Waals surface area contributed by atoms with Crippen LogP contribution in [0.4, 0.5) is 4.79 Å². The minimum Gasteiger partial charge on any atom is -0.449 e. The Morgan fingerprint density at radius 2 is 1.77 bits per heavy atom. The number of rotatable bonds is 1. The Morgan fingerprint density at radius 3 is 2.54 bits per heavy atom. The maximum absolute atomic E-state index is 13.1. The van der Waals surface area contributed by atoms with E-state index < -0.39 is 17.5 Å². The first kappa shape index (κ1) is 16.3. The van der Waals surface area contributed by atoms with E-state index in [1.807, 2.05) is 30.3 Å². The zero-order valence-electron chi connectivity index (χ0n) is 13.7. The lowest BCUT2D eigenvalue weighted by Gasteiger charge is -2.13. The molecule has 0 unspecified atom stereocenters. The van der Waals surface area contributed by atoms with Crippen LogP contribution in [0.1, 0.15) is 6.92 Å². The number of ether oxygens (including phenoxy) is 1. The van der Waals surface area contributed by atoms with Crippen molar-refractivity contribution in [3.63, 3.8) is 0 Å². The highest BCUT2D eigenvalue weighted by Gasteiger charge is 2.26. The summed E-state index contributed by atoms with van der Waals surface area (Å²) in [6, 6.07) is 14.6. The van der Waals surface area contributed by atoms with Gasteiger partial charge < -0.3 is 4.74 Å². The highest BCUT2D eigenvalue weighted by Crippen LogP contribution is 2.41. The number of nitrogens with zero attached hydrogens (tertiary/aromatic N) is 3. The summed E-state index contributed by atoms with van der Waals surface area (Å²) >= 11 is 1.47. The average Bonchev–Trinajstić information content (AvgIpc) is 2.76. The van der Waals surface area contributed by atoms with Crippen molar-refractivity contribution in [1.82, 2.24) is 14.1 Å². The van der Waals surface area contributed by atoms with Gasteiger partial charge in [-0.1, -0.05) is 42.1 Å². The summed E-state index contributed by atoms with van der Waals surface area (Å²) in [6.07, 6.45) is -1.03. The lowest BCUT2D eigenvalue weighted by molar-refractivity contribution is 0.151. The maximum atomic E-state index is 13.1. The van der Waals surface area contributed by atoms with Gasteiger partial charge in [0.05, 0.1) is 12.3 Å². The fraction of sp³-hybridized carbons (Fsp3) is 0.111. The van der Waals surface area contributed by atoms with Gasteiger partial charge in [-0.05, 0) is 25.1 Å². The molecule has 1 aromatic heterocycles.